The molecule has 0 unspecified atom stereocenters. The molecule has 21 heavy (non-hydrogen) atoms. The van der Waals surface area contributed by atoms with Crippen molar-refractivity contribution < 1.29 is 0 Å². The zero-order valence-electron chi connectivity index (χ0n) is 12.4. The highest BCUT2D eigenvalue weighted by molar-refractivity contribution is 5.43. The number of pyridine rings is 1. The summed E-state index contributed by atoms with van der Waals surface area (Å²) >= 11 is 0. The second-order valence-corrected chi connectivity index (χ2v) is 6.42. The average Bonchev–Trinajstić information content (AvgIpc) is 2.83. The molecule has 0 aromatic carbocycles. The van der Waals surface area contributed by atoms with Crippen LogP contribution in [0.5, 0.6) is 0 Å². The van der Waals surface area contributed by atoms with E-state index in [-0.39, 0.29) is 0 Å². The summed E-state index contributed by atoms with van der Waals surface area (Å²) in [6.45, 7) is 4.88. The van der Waals surface area contributed by atoms with E-state index in [9.17, 15) is 0 Å². The van der Waals surface area contributed by atoms with Crippen LogP contribution in [0.25, 0.3) is 5.65 Å². The molecule has 4 rings (SSSR count). The fourth-order valence-corrected chi connectivity index (χ4v) is 3.65. The Hall–Kier alpha value is -1.66. The minimum Gasteiger partial charge on any atom is -0.366 e. The molecule has 2 fully saturated rings. The van der Waals surface area contributed by atoms with Gasteiger partial charge < -0.3 is 10.6 Å². The average molecular weight is 286 g/mol. The molecule has 2 N–H and O–H groups in total. The van der Waals surface area contributed by atoms with Crippen molar-refractivity contribution in [2.75, 3.05) is 39.0 Å². The third kappa shape index (κ3) is 2.38. The predicted octanol–water partition coefficient (Wildman–Crippen LogP) is 0.805. The molecule has 2 aromatic rings. The molecule has 0 saturated carbocycles. The van der Waals surface area contributed by atoms with Gasteiger partial charge in [0.25, 0.3) is 0 Å². The van der Waals surface area contributed by atoms with E-state index in [0.717, 1.165) is 11.7 Å². The van der Waals surface area contributed by atoms with Crippen molar-refractivity contribution in [2.24, 2.45) is 0 Å². The monoisotopic (exact) mass is 286 g/mol. The molecule has 6 heteroatoms. The molecule has 2 aliphatic heterocycles. The van der Waals surface area contributed by atoms with Gasteiger partial charge in [-0.05, 0) is 50.5 Å². The number of rotatable bonds is 2. The number of nitrogen functional groups attached to an aromatic ring is 1. The third-order valence-electron chi connectivity index (χ3n) is 4.93. The smallest absolute Gasteiger partial charge is 0.240 e. The lowest BCUT2D eigenvalue weighted by molar-refractivity contribution is 0.0362. The predicted molar refractivity (Wildman–Crippen MR) is 82.2 cm³/mol. The van der Waals surface area contributed by atoms with Crippen molar-refractivity contribution in [2.45, 2.75) is 24.8 Å². The van der Waals surface area contributed by atoms with Crippen LogP contribution < -0.4 is 5.73 Å². The number of piperidine rings is 1. The number of hydrogen-bond acceptors (Lipinski definition) is 5. The van der Waals surface area contributed by atoms with Crippen molar-refractivity contribution in [3.05, 3.63) is 23.9 Å². The fourth-order valence-electron chi connectivity index (χ4n) is 3.65. The van der Waals surface area contributed by atoms with Gasteiger partial charge in [-0.1, -0.05) is 6.07 Å². The summed E-state index contributed by atoms with van der Waals surface area (Å²) in [4.78, 5) is 9.22. The molecule has 0 bridgehead atoms. The molecule has 0 spiro atoms. The summed E-state index contributed by atoms with van der Waals surface area (Å²) in [5, 5.41) is 4.21. The molecule has 0 amide bonds. The minimum absolute atomic E-state index is 0.344. The molecule has 2 aromatic heterocycles. The SMILES string of the molecule is CN1CC(N2CCC(c3ccc4nc(N)nn4c3)CC2)C1. The van der Waals surface area contributed by atoms with Crippen molar-refractivity contribution in [3.63, 3.8) is 0 Å². The van der Waals surface area contributed by atoms with E-state index >= 15 is 0 Å². The maximum absolute atomic E-state index is 5.65. The minimum atomic E-state index is 0.344. The summed E-state index contributed by atoms with van der Waals surface area (Å²) in [6, 6.07) is 4.99. The summed E-state index contributed by atoms with van der Waals surface area (Å²) in [7, 11) is 2.20. The molecule has 2 saturated heterocycles. The van der Waals surface area contributed by atoms with Crippen molar-refractivity contribution in [1.29, 1.82) is 0 Å². The molecular weight excluding hydrogens is 264 g/mol. The highest BCUT2D eigenvalue weighted by Crippen LogP contribution is 2.30. The van der Waals surface area contributed by atoms with Gasteiger partial charge in [-0.2, -0.15) is 4.98 Å². The van der Waals surface area contributed by atoms with Crippen LogP contribution in [0.2, 0.25) is 0 Å². The lowest BCUT2D eigenvalue weighted by Crippen LogP contribution is -2.59. The Morgan fingerprint density at radius 3 is 2.67 bits per heavy atom. The largest absolute Gasteiger partial charge is 0.366 e. The second-order valence-electron chi connectivity index (χ2n) is 6.42. The van der Waals surface area contributed by atoms with Gasteiger partial charge in [0.05, 0.1) is 0 Å². The lowest BCUT2D eigenvalue weighted by Gasteiger charge is -2.46. The summed E-state index contributed by atoms with van der Waals surface area (Å²) in [6.07, 6.45) is 4.56. The molecule has 6 nitrogen and oxygen atoms in total. The third-order valence-corrected chi connectivity index (χ3v) is 4.93. The van der Waals surface area contributed by atoms with Crippen LogP contribution in [0, 0.1) is 0 Å². The van der Waals surface area contributed by atoms with E-state index in [0.29, 0.717) is 11.9 Å². The lowest BCUT2D eigenvalue weighted by atomic mass is 9.89. The second kappa shape index (κ2) is 4.96. The Bertz CT molecular complexity index is 637. The highest BCUT2D eigenvalue weighted by Gasteiger charge is 2.32. The van der Waals surface area contributed by atoms with E-state index in [2.05, 4.69) is 39.2 Å². The van der Waals surface area contributed by atoms with Crippen molar-refractivity contribution >= 4 is 11.6 Å². The number of fused-ring (bicyclic) bond motifs is 1. The van der Waals surface area contributed by atoms with Crippen LogP contribution >= 0.6 is 0 Å². The maximum Gasteiger partial charge on any atom is 0.240 e. The van der Waals surface area contributed by atoms with E-state index in [1.165, 1.54) is 44.6 Å². The van der Waals surface area contributed by atoms with Gasteiger partial charge in [-0.3, -0.25) is 4.90 Å². The Kier molecular flexibility index (Phi) is 3.08. The van der Waals surface area contributed by atoms with Gasteiger partial charge >= 0.3 is 0 Å². The fraction of sp³-hybridized carbons (Fsp3) is 0.600. The van der Waals surface area contributed by atoms with Gasteiger partial charge in [0.1, 0.15) is 0 Å². The highest BCUT2D eigenvalue weighted by atomic mass is 15.3. The summed E-state index contributed by atoms with van der Waals surface area (Å²) in [5.41, 5.74) is 7.83. The number of nitrogens with two attached hydrogens (primary N) is 1. The first-order chi connectivity index (χ1) is 10.2. The zero-order valence-corrected chi connectivity index (χ0v) is 12.4. The van der Waals surface area contributed by atoms with E-state index in [1.807, 2.05) is 6.07 Å². The summed E-state index contributed by atoms with van der Waals surface area (Å²) < 4.78 is 1.80. The van der Waals surface area contributed by atoms with Crippen LogP contribution in [-0.2, 0) is 0 Å². The zero-order chi connectivity index (χ0) is 14.4. The van der Waals surface area contributed by atoms with Gasteiger partial charge in [-0.15, -0.1) is 5.10 Å². The number of anilines is 1. The molecular formula is C15H22N6. The number of aromatic nitrogens is 3. The first-order valence-electron chi connectivity index (χ1n) is 7.73. The maximum atomic E-state index is 5.65. The van der Waals surface area contributed by atoms with Crippen LogP contribution in [0.4, 0.5) is 5.95 Å². The van der Waals surface area contributed by atoms with Crippen LogP contribution in [0.3, 0.4) is 0 Å². The number of hydrogen-bond donors (Lipinski definition) is 1. The quantitative estimate of drug-likeness (QED) is 0.885. The van der Waals surface area contributed by atoms with E-state index in [4.69, 9.17) is 5.73 Å². The molecule has 112 valence electrons. The van der Waals surface area contributed by atoms with Crippen molar-refractivity contribution in [3.8, 4) is 0 Å². The van der Waals surface area contributed by atoms with Crippen LogP contribution in [0.1, 0.15) is 24.3 Å². The first-order valence-corrected chi connectivity index (χ1v) is 7.73. The Balaban J connectivity index is 1.44. The topological polar surface area (TPSA) is 62.7 Å². The van der Waals surface area contributed by atoms with E-state index in [1.54, 1.807) is 4.52 Å². The van der Waals surface area contributed by atoms with Gasteiger partial charge in [0, 0.05) is 25.3 Å². The summed E-state index contributed by atoms with van der Waals surface area (Å²) in [5.74, 6) is 0.977. The molecule has 2 aliphatic rings. The Labute approximate surface area is 124 Å². The molecule has 0 aliphatic carbocycles. The number of likely N-dealkylation sites (N-methyl/N-ethyl adjacent to an activating group) is 1. The Morgan fingerprint density at radius 1 is 1.19 bits per heavy atom. The van der Waals surface area contributed by atoms with Crippen molar-refractivity contribution in [1.82, 2.24) is 24.4 Å². The first kappa shape index (κ1) is 13.0. The molecule has 0 atom stereocenters. The van der Waals surface area contributed by atoms with Gasteiger partial charge in [-0.25, -0.2) is 4.52 Å². The normalized spacial score (nSPS) is 22.7. The standard InChI is InChI=1S/C15H22N6/c1-19-9-13(10-19)20-6-4-11(5-7-20)12-2-3-14-17-15(16)18-21(14)8-12/h2-3,8,11,13H,4-7,9-10H2,1H3,(H2,16,18). The number of nitrogens with zero attached hydrogens (tertiary/aromatic N) is 5. The van der Waals surface area contributed by atoms with Crippen LogP contribution in [0.15, 0.2) is 18.3 Å². The molecule has 0 radical (unpaired) electrons. The van der Waals surface area contributed by atoms with Gasteiger partial charge in [0.15, 0.2) is 5.65 Å². The number of likely N-dealkylation sites (tertiary alicyclic amines) is 2. The Morgan fingerprint density at radius 2 is 1.95 bits per heavy atom. The molecule has 4 heterocycles. The van der Waals surface area contributed by atoms with E-state index < -0.39 is 0 Å². The van der Waals surface area contributed by atoms with Crippen LogP contribution in [-0.4, -0.2) is 63.7 Å². The van der Waals surface area contributed by atoms with Gasteiger partial charge in [0.2, 0.25) is 5.95 Å².